The first-order valence-corrected chi connectivity index (χ1v) is 30.7. The van der Waals surface area contributed by atoms with Gasteiger partial charge in [-0.1, -0.05) is 182 Å². The number of benzene rings is 6. The standard InChI is InChI=1S/C52H60O14P4/c1-67(2,53)63-49-47(57-35-41-23-11-5-12-24-41)51(65-69(55,59-37-43-27-15-7-16-28-43)60-38-44-29-17-8-18-30-44)52(48(50(49)64-68(3,4)54)58-36-42-25-13-6-14-26-42)66-70(56,61-39-45-31-19-9-20-32-45)62-40-46-33-21-10-22-34-46/h5-34,47-52H,35-40H2,1-4H3/t47-,48+,49-,50-,51+,52+/m0/s1. The normalized spacial score (nSPS) is 20.0. The molecule has 6 atom stereocenters. The van der Waals surface area contributed by atoms with Gasteiger partial charge in [-0.15, -0.1) is 0 Å². The van der Waals surface area contributed by atoms with Gasteiger partial charge in [0.2, 0.25) is 0 Å². The summed E-state index contributed by atoms with van der Waals surface area (Å²) in [6.45, 7) is 4.51. The van der Waals surface area contributed by atoms with Crippen LogP contribution in [-0.4, -0.2) is 63.3 Å². The Morgan fingerprint density at radius 1 is 0.286 bits per heavy atom. The molecule has 0 heterocycles. The van der Waals surface area contributed by atoms with Crippen molar-refractivity contribution in [1.82, 2.24) is 0 Å². The smallest absolute Gasteiger partial charge is 0.368 e. The molecule has 0 N–H and O–H groups in total. The van der Waals surface area contributed by atoms with E-state index in [1.165, 1.54) is 26.7 Å². The van der Waals surface area contributed by atoms with Gasteiger partial charge in [0.15, 0.2) is 14.7 Å². The third-order valence-electron chi connectivity index (χ3n) is 10.7. The molecule has 0 aliphatic heterocycles. The molecule has 7 rings (SSSR count). The monoisotopic (exact) mass is 1030 g/mol. The molecular formula is C52H60O14P4. The van der Waals surface area contributed by atoms with Crippen LogP contribution in [0, 0.1) is 0 Å². The van der Waals surface area contributed by atoms with Crippen LogP contribution in [0.1, 0.15) is 33.4 Å². The van der Waals surface area contributed by atoms with Crippen molar-refractivity contribution in [3.05, 3.63) is 215 Å². The zero-order valence-electron chi connectivity index (χ0n) is 39.5. The summed E-state index contributed by atoms with van der Waals surface area (Å²) < 4.78 is 124. The van der Waals surface area contributed by atoms with Crippen LogP contribution in [-0.2, 0) is 104 Å². The molecule has 6 aromatic rings. The van der Waals surface area contributed by atoms with Crippen LogP contribution >= 0.6 is 30.4 Å². The van der Waals surface area contributed by atoms with Crippen LogP contribution in [0.3, 0.4) is 0 Å². The molecule has 0 amide bonds. The van der Waals surface area contributed by atoms with Crippen molar-refractivity contribution in [3.8, 4) is 0 Å². The molecule has 0 spiro atoms. The Bertz CT molecular complexity index is 2400. The number of hydrogen-bond acceptors (Lipinski definition) is 14. The minimum atomic E-state index is -4.83. The van der Waals surface area contributed by atoms with E-state index in [2.05, 4.69) is 0 Å². The van der Waals surface area contributed by atoms with Gasteiger partial charge in [0.25, 0.3) is 0 Å². The van der Waals surface area contributed by atoms with E-state index in [1.54, 1.807) is 97.1 Å². The van der Waals surface area contributed by atoms with Gasteiger partial charge >= 0.3 is 15.6 Å². The molecule has 6 aromatic carbocycles. The van der Waals surface area contributed by atoms with Gasteiger partial charge in [-0.2, -0.15) is 0 Å². The minimum absolute atomic E-state index is 0.111. The average Bonchev–Trinajstić information content (AvgIpc) is 3.36. The Labute approximate surface area is 411 Å². The molecule has 0 unspecified atom stereocenters. The second-order valence-electron chi connectivity index (χ2n) is 17.2. The Balaban J connectivity index is 1.41. The number of ether oxygens (including phenoxy) is 2. The zero-order chi connectivity index (χ0) is 49.5. The average molecular weight is 1030 g/mol. The highest BCUT2D eigenvalue weighted by Crippen LogP contribution is 2.60. The van der Waals surface area contributed by atoms with Crippen molar-refractivity contribution >= 4 is 30.4 Å². The molecule has 70 heavy (non-hydrogen) atoms. The predicted molar refractivity (Wildman–Crippen MR) is 269 cm³/mol. The number of phosphoric acid groups is 2. The highest BCUT2D eigenvalue weighted by atomic mass is 31.2. The Hall–Kier alpha value is -4.16. The van der Waals surface area contributed by atoms with Crippen LogP contribution in [0.4, 0.5) is 0 Å². The van der Waals surface area contributed by atoms with Crippen molar-refractivity contribution < 1.29 is 63.9 Å². The van der Waals surface area contributed by atoms with Crippen molar-refractivity contribution in [1.29, 1.82) is 0 Å². The summed E-state index contributed by atoms with van der Waals surface area (Å²) in [5.74, 6) is 0. The van der Waals surface area contributed by atoms with Crippen LogP contribution < -0.4 is 0 Å². The maximum Gasteiger partial charge on any atom is 0.475 e. The fourth-order valence-electron chi connectivity index (χ4n) is 7.51. The fraction of sp³-hybridized carbons (Fsp3) is 0.308. The zero-order valence-corrected chi connectivity index (χ0v) is 43.1. The summed E-state index contributed by atoms with van der Waals surface area (Å²) in [7, 11) is -16.7. The van der Waals surface area contributed by atoms with Gasteiger partial charge in [0, 0.05) is 26.7 Å². The van der Waals surface area contributed by atoms with Crippen LogP contribution in [0.5, 0.6) is 0 Å². The first-order valence-electron chi connectivity index (χ1n) is 22.7. The van der Waals surface area contributed by atoms with Crippen molar-refractivity contribution in [2.75, 3.05) is 26.7 Å². The summed E-state index contributed by atoms with van der Waals surface area (Å²) in [6.07, 6.45) is -9.29. The molecule has 372 valence electrons. The van der Waals surface area contributed by atoms with E-state index in [-0.39, 0.29) is 39.6 Å². The lowest BCUT2D eigenvalue weighted by atomic mass is 9.84. The summed E-state index contributed by atoms with van der Waals surface area (Å²) in [4.78, 5) is 0. The van der Waals surface area contributed by atoms with Gasteiger partial charge in [-0.25, -0.2) is 9.13 Å². The molecule has 18 heteroatoms. The highest BCUT2D eigenvalue weighted by molar-refractivity contribution is 7.57. The van der Waals surface area contributed by atoms with E-state index < -0.39 is 67.0 Å². The fourth-order valence-corrected chi connectivity index (χ4v) is 11.9. The third kappa shape index (κ3) is 17.0. The Kier molecular flexibility index (Phi) is 19.5. The molecule has 1 fully saturated rings. The molecule has 1 saturated carbocycles. The summed E-state index contributed by atoms with van der Waals surface area (Å²) >= 11 is 0. The molecule has 14 nitrogen and oxygen atoms in total. The van der Waals surface area contributed by atoms with Crippen LogP contribution in [0.2, 0.25) is 0 Å². The first kappa shape index (κ1) is 53.6. The van der Waals surface area contributed by atoms with Crippen molar-refractivity contribution in [2.24, 2.45) is 0 Å². The topological polar surface area (TPSA) is 161 Å². The highest BCUT2D eigenvalue weighted by Gasteiger charge is 2.60. The van der Waals surface area contributed by atoms with Gasteiger partial charge in [-0.05, 0) is 33.4 Å². The third-order valence-corrected chi connectivity index (χ3v) is 15.0. The SMILES string of the molecule is CP(C)(=O)O[C@H]1[C@@H](OCc2ccccc2)[C@@H](OP(=O)(OCc2ccccc2)OCc2ccccc2)[C@H](OP(=O)(OCc2ccccc2)OCc2ccccc2)[C@@H](OCc2ccccc2)[C@@H]1OP(C)(C)=O. The van der Waals surface area contributed by atoms with Crippen LogP contribution in [0.15, 0.2) is 182 Å². The lowest BCUT2D eigenvalue weighted by Gasteiger charge is -2.50. The molecule has 1 aliphatic rings. The van der Waals surface area contributed by atoms with E-state index in [0.29, 0.717) is 33.4 Å². The number of hydrogen-bond donors (Lipinski definition) is 0. The summed E-state index contributed by atoms with van der Waals surface area (Å²) in [5.41, 5.74) is 4.00. The van der Waals surface area contributed by atoms with Gasteiger partial charge < -0.3 is 18.5 Å². The van der Waals surface area contributed by atoms with E-state index >= 15 is 9.13 Å². The van der Waals surface area contributed by atoms with Gasteiger partial charge in [0.05, 0.1) is 39.6 Å². The maximum absolute atomic E-state index is 15.6. The molecule has 0 saturated heterocycles. The second-order valence-corrected chi connectivity index (χ2v) is 25.9. The molecule has 1 aliphatic carbocycles. The number of rotatable bonds is 26. The van der Waals surface area contributed by atoms with E-state index in [1.807, 2.05) is 84.9 Å². The quantitative estimate of drug-likeness (QED) is 0.0472. The molecule has 0 radical (unpaired) electrons. The van der Waals surface area contributed by atoms with Gasteiger partial charge in [-0.3, -0.25) is 36.3 Å². The van der Waals surface area contributed by atoms with Gasteiger partial charge in [0.1, 0.15) is 36.6 Å². The van der Waals surface area contributed by atoms with E-state index in [0.717, 1.165) is 0 Å². The second kappa shape index (κ2) is 25.5. The van der Waals surface area contributed by atoms with Crippen molar-refractivity contribution in [3.63, 3.8) is 0 Å². The summed E-state index contributed by atoms with van der Waals surface area (Å²) in [6, 6.07) is 54.5. The molecule has 0 aromatic heterocycles. The van der Waals surface area contributed by atoms with Crippen LogP contribution in [0.25, 0.3) is 0 Å². The van der Waals surface area contributed by atoms with E-state index in [4.69, 9.17) is 45.7 Å². The lowest BCUT2D eigenvalue weighted by Crippen LogP contribution is -2.66. The Morgan fingerprint density at radius 3 is 0.700 bits per heavy atom. The Morgan fingerprint density at radius 2 is 0.486 bits per heavy atom. The molecular weight excluding hydrogens is 972 g/mol. The van der Waals surface area contributed by atoms with Crippen molar-refractivity contribution in [2.45, 2.75) is 76.3 Å². The predicted octanol–water partition coefficient (Wildman–Crippen LogP) is 12.9. The largest absolute Gasteiger partial charge is 0.475 e. The summed E-state index contributed by atoms with van der Waals surface area (Å²) in [5, 5.41) is 0. The maximum atomic E-state index is 15.6. The van der Waals surface area contributed by atoms with E-state index in [9.17, 15) is 9.13 Å². The number of phosphoric ester groups is 2. The lowest BCUT2D eigenvalue weighted by molar-refractivity contribution is -0.233. The first-order chi connectivity index (χ1) is 33.6. The molecule has 0 bridgehead atoms. The minimum Gasteiger partial charge on any atom is -0.368 e.